The molecule has 0 saturated carbocycles. The number of nitrogens with two attached hydrogens (primary N) is 1. The number of amides is 1. The van der Waals surface area contributed by atoms with Crippen molar-refractivity contribution in [1.29, 1.82) is 0 Å². The molecule has 39 heavy (non-hydrogen) atoms. The Kier molecular flexibility index (Phi) is 9.25. The molecular weight excluding hydrogens is 515 g/mol. The number of aromatic nitrogens is 3. The number of primary amides is 1. The second-order valence-corrected chi connectivity index (χ2v) is 8.34. The first-order chi connectivity index (χ1) is 18.5. The number of carboxylic acid groups (broad SMARTS) is 1. The molecule has 12 heteroatoms. The van der Waals surface area contributed by atoms with Crippen LogP contribution in [0.1, 0.15) is 47.2 Å². The second kappa shape index (κ2) is 12.4. The van der Waals surface area contributed by atoms with Crippen molar-refractivity contribution in [3.8, 4) is 28.3 Å². The predicted octanol–water partition coefficient (Wildman–Crippen LogP) is 5.36. The molecular formula is C27H28F3N5O4. The van der Waals surface area contributed by atoms with Gasteiger partial charge in [-0.1, -0.05) is 38.1 Å². The first kappa shape index (κ1) is 29.1. The fourth-order valence-corrected chi connectivity index (χ4v) is 3.66. The molecule has 0 saturated heterocycles. The Morgan fingerprint density at radius 3 is 2.10 bits per heavy atom. The van der Waals surface area contributed by atoms with Crippen molar-refractivity contribution in [2.45, 2.75) is 26.9 Å². The smallest absolute Gasteiger partial charge is 0.416 e. The summed E-state index contributed by atoms with van der Waals surface area (Å²) in [6.07, 6.45) is -3.01. The minimum absolute atomic E-state index is 0.0823. The Labute approximate surface area is 222 Å². The number of nitrogens with zero attached hydrogens (tertiary/aromatic N) is 4. The van der Waals surface area contributed by atoms with Crippen molar-refractivity contribution in [1.82, 2.24) is 19.9 Å². The van der Waals surface area contributed by atoms with Crippen molar-refractivity contribution < 1.29 is 32.3 Å². The summed E-state index contributed by atoms with van der Waals surface area (Å²) >= 11 is 0. The summed E-state index contributed by atoms with van der Waals surface area (Å²) in [5, 5.41) is 17.4. The highest BCUT2D eigenvalue weighted by molar-refractivity contribution is 5.92. The van der Waals surface area contributed by atoms with Crippen LogP contribution in [0.3, 0.4) is 0 Å². The van der Waals surface area contributed by atoms with E-state index in [1.54, 1.807) is 6.07 Å². The third-order valence-corrected chi connectivity index (χ3v) is 5.91. The first-order valence-electron chi connectivity index (χ1n) is 12.1. The quantitative estimate of drug-likeness (QED) is 0.306. The van der Waals surface area contributed by atoms with Gasteiger partial charge < -0.3 is 20.2 Å². The van der Waals surface area contributed by atoms with Gasteiger partial charge in [0, 0.05) is 11.1 Å². The summed E-state index contributed by atoms with van der Waals surface area (Å²) in [4.78, 5) is 25.2. The Hall–Kier alpha value is -4.45. The lowest BCUT2D eigenvalue weighted by Gasteiger charge is -2.13. The van der Waals surface area contributed by atoms with Gasteiger partial charge in [0.1, 0.15) is 11.5 Å². The summed E-state index contributed by atoms with van der Waals surface area (Å²) in [6, 6.07) is 11.5. The monoisotopic (exact) mass is 543 g/mol. The van der Waals surface area contributed by atoms with Crippen LogP contribution in [0.5, 0.6) is 0 Å². The summed E-state index contributed by atoms with van der Waals surface area (Å²) in [5.74, 6) is -1.86. The number of benzene rings is 2. The normalized spacial score (nSPS) is 11.3. The lowest BCUT2D eigenvalue weighted by atomic mass is 10.1. The van der Waals surface area contributed by atoms with Gasteiger partial charge in [-0.05, 0) is 62.1 Å². The number of furan rings is 1. The first-order valence-corrected chi connectivity index (χ1v) is 12.1. The van der Waals surface area contributed by atoms with E-state index in [0.29, 0.717) is 16.8 Å². The standard InChI is InChI=1S/C21H13F3N4O4.C6H15N/c22-21(23,24)14-3-1-11(2-4-14)16-10-28(27-26-16)15-8-12(7-13(9-15)20(30)31)17-5-6-18(32-17)19(25)29;1-4-7(5-2)6-3/h1-10H,(H2,25,29)(H,30,31);4-6H2,1-3H3. The number of hydrogen-bond donors (Lipinski definition) is 2. The van der Waals surface area contributed by atoms with Gasteiger partial charge in [-0.3, -0.25) is 4.79 Å². The van der Waals surface area contributed by atoms with E-state index >= 15 is 0 Å². The molecule has 9 nitrogen and oxygen atoms in total. The molecule has 206 valence electrons. The lowest BCUT2D eigenvalue weighted by Crippen LogP contribution is -2.21. The van der Waals surface area contributed by atoms with Gasteiger partial charge in [0.25, 0.3) is 5.91 Å². The fourth-order valence-electron chi connectivity index (χ4n) is 3.66. The van der Waals surface area contributed by atoms with Gasteiger partial charge >= 0.3 is 12.1 Å². The highest BCUT2D eigenvalue weighted by Crippen LogP contribution is 2.31. The molecule has 1 amide bonds. The van der Waals surface area contributed by atoms with E-state index < -0.39 is 23.6 Å². The third kappa shape index (κ3) is 7.32. The molecule has 0 radical (unpaired) electrons. The van der Waals surface area contributed by atoms with Crippen LogP contribution in [0, 0.1) is 0 Å². The van der Waals surface area contributed by atoms with Gasteiger partial charge in [0.15, 0.2) is 5.76 Å². The summed E-state index contributed by atoms with van der Waals surface area (Å²) in [7, 11) is 0. The van der Waals surface area contributed by atoms with Crippen LogP contribution < -0.4 is 5.73 Å². The van der Waals surface area contributed by atoms with E-state index in [1.165, 1.54) is 66.9 Å². The molecule has 0 bridgehead atoms. The number of alkyl halides is 3. The third-order valence-electron chi connectivity index (χ3n) is 5.91. The van der Waals surface area contributed by atoms with Crippen LogP contribution in [0.2, 0.25) is 0 Å². The molecule has 2 aromatic carbocycles. The minimum atomic E-state index is -4.45. The van der Waals surface area contributed by atoms with E-state index in [0.717, 1.165) is 12.1 Å². The maximum atomic E-state index is 12.8. The molecule has 3 N–H and O–H groups in total. The highest BCUT2D eigenvalue weighted by Gasteiger charge is 2.30. The number of halogens is 3. The molecule has 0 aliphatic rings. The van der Waals surface area contributed by atoms with Gasteiger partial charge in [-0.2, -0.15) is 13.2 Å². The van der Waals surface area contributed by atoms with Crippen LogP contribution in [0.4, 0.5) is 13.2 Å². The van der Waals surface area contributed by atoms with Crippen molar-refractivity contribution in [2.24, 2.45) is 5.73 Å². The van der Waals surface area contributed by atoms with Crippen molar-refractivity contribution in [3.05, 3.63) is 77.7 Å². The van der Waals surface area contributed by atoms with Crippen molar-refractivity contribution >= 4 is 11.9 Å². The number of rotatable bonds is 8. The van der Waals surface area contributed by atoms with Crippen LogP contribution in [-0.2, 0) is 6.18 Å². The van der Waals surface area contributed by atoms with Crippen LogP contribution in [0.25, 0.3) is 28.3 Å². The zero-order valence-electron chi connectivity index (χ0n) is 21.6. The topological polar surface area (TPSA) is 127 Å². The molecule has 0 unspecified atom stereocenters. The molecule has 0 aliphatic carbocycles. The lowest BCUT2D eigenvalue weighted by molar-refractivity contribution is -0.137. The zero-order valence-corrected chi connectivity index (χ0v) is 21.6. The fraction of sp³-hybridized carbons (Fsp3) is 0.259. The SMILES string of the molecule is CCN(CC)CC.NC(=O)c1ccc(-c2cc(C(=O)O)cc(-n3cc(-c4ccc(C(F)(F)F)cc4)nn3)c2)o1. The van der Waals surface area contributed by atoms with E-state index in [2.05, 4.69) is 36.0 Å². The number of aromatic carboxylic acids is 1. The zero-order chi connectivity index (χ0) is 28.7. The minimum Gasteiger partial charge on any atom is -0.478 e. The number of carbonyl (C=O) groups excluding carboxylic acids is 1. The number of carboxylic acids is 1. The second-order valence-electron chi connectivity index (χ2n) is 8.34. The Morgan fingerprint density at radius 2 is 1.62 bits per heavy atom. The van der Waals surface area contributed by atoms with Crippen LogP contribution in [0.15, 0.2) is 65.2 Å². The molecule has 2 aromatic heterocycles. The molecule has 4 rings (SSSR count). The molecule has 0 spiro atoms. The largest absolute Gasteiger partial charge is 0.478 e. The molecule has 0 fully saturated rings. The van der Waals surface area contributed by atoms with Crippen molar-refractivity contribution in [3.63, 3.8) is 0 Å². The number of hydrogen-bond acceptors (Lipinski definition) is 6. The predicted molar refractivity (Wildman–Crippen MR) is 138 cm³/mol. The van der Waals surface area contributed by atoms with Crippen molar-refractivity contribution in [2.75, 3.05) is 19.6 Å². The van der Waals surface area contributed by atoms with E-state index in [4.69, 9.17) is 10.2 Å². The number of carbonyl (C=O) groups is 2. The highest BCUT2D eigenvalue weighted by atomic mass is 19.4. The maximum absolute atomic E-state index is 12.8. The van der Waals surface area contributed by atoms with Crippen LogP contribution >= 0.6 is 0 Å². The van der Waals surface area contributed by atoms with E-state index in [-0.39, 0.29) is 22.8 Å². The van der Waals surface area contributed by atoms with Gasteiger partial charge in [0.2, 0.25) is 0 Å². The average molecular weight is 544 g/mol. The molecule has 4 aromatic rings. The van der Waals surface area contributed by atoms with E-state index in [9.17, 15) is 27.9 Å². The van der Waals surface area contributed by atoms with Gasteiger partial charge in [-0.25, -0.2) is 9.48 Å². The van der Waals surface area contributed by atoms with Gasteiger partial charge in [-0.15, -0.1) is 5.10 Å². The van der Waals surface area contributed by atoms with Gasteiger partial charge in [0.05, 0.1) is 23.0 Å². The summed E-state index contributed by atoms with van der Waals surface area (Å²) in [6.45, 7) is 10.1. The maximum Gasteiger partial charge on any atom is 0.416 e. The Morgan fingerprint density at radius 1 is 0.974 bits per heavy atom. The summed E-state index contributed by atoms with van der Waals surface area (Å²) in [5.41, 5.74) is 5.65. The molecule has 2 heterocycles. The average Bonchev–Trinajstić information content (AvgIpc) is 3.60. The Balaban J connectivity index is 0.000000532. The summed E-state index contributed by atoms with van der Waals surface area (Å²) < 4.78 is 44.9. The molecule has 0 atom stereocenters. The molecule has 0 aliphatic heterocycles. The van der Waals surface area contributed by atoms with E-state index in [1.807, 2.05) is 0 Å². The Bertz CT molecular complexity index is 1420. The van der Waals surface area contributed by atoms with Crippen LogP contribution in [-0.4, -0.2) is 56.5 Å².